The van der Waals surface area contributed by atoms with Crippen molar-refractivity contribution in [1.29, 1.82) is 5.26 Å². The van der Waals surface area contributed by atoms with Gasteiger partial charge in [0.1, 0.15) is 0 Å². The van der Waals surface area contributed by atoms with E-state index in [1.54, 1.807) is 0 Å². The number of benzene rings is 1. The molecule has 0 radical (unpaired) electrons. The zero-order valence-electron chi connectivity index (χ0n) is 18.1. The molecule has 1 unspecified atom stereocenters. The lowest BCUT2D eigenvalue weighted by Crippen LogP contribution is -2.31. The molecule has 6 nitrogen and oxygen atoms in total. The largest absolute Gasteiger partial charge is 0.355 e. The number of thiophene rings is 1. The van der Waals surface area contributed by atoms with E-state index in [0.717, 1.165) is 17.7 Å². The van der Waals surface area contributed by atoms with Crippen LogP contribution >= 0.6 is 23.1 Å². The summed E-state index contributed by atoms with van der Waals surface area (Å²) in [6.45, 7) is 4.55. The standard InChI is InChI=1S/C24H26N4O2S2/c1-3-4-12-26-20(29)15-32-24-18(14-25)22(19-11-8-13-31-19)21(16(2)27-24)23(30)28-17-9-6-5-7-10-17/h5-11,13,22,27H,3-4,12,15H2,1-2H3,(H,26,29)(H,28,30). The lowest BCUT2D eigenvalue weighted by Gasteiger charge is -2.29. The molecule has 2 heterocycles. The molecule has 32 heavy (non-hydrogen) atoms. The van der Waals surface area contributed by atoms with Gasteiger partial charge in [0.2, 0.25) is 5.91 Å². The molecule has 0 saturated heterocycles. The maximum Gasteiger partial charge on any atom is 0.254 e. The summed E-state index contributed by atoms with van der Waals surface area (Å²) in [6.07, 6.45) is 1.95. The number of thioether (sulfide) groups is 1. The molecule has 1 atom stereocenters. The predicted octanol–water partition coefficient (Wildman–Crippen LogP) is 4.73. The second-order valence-electron chi connectivity index (χ2n) is 7.28. The first-order valence-electron chi connectivity index (χ1n) is 10.5. The Kier molecular flexibility index (Phi) is 8.54. The number of para-hydroxylation sites is 1. The number of dihydropyridines is 1. The van der Waals surface area contributed by atoms with E-state index >= 15 is 0 Å². The third-order valence-corrected chi connectivity index (χ3v) is 6.91. The Hall–Kier alpha value is -3.02. The molecule has 3 N–H and O–H groups in total. The summed E-state index contributed by atoms with van der Waals surface area (Å²) in [5, 5.41) is 21.6. The Labute approximate surface area is 196 Å². The second-order valence-corrected chi connectivity index (χ2v) is 9.24. The van der Waals surface area contributed by atoms with E-state index in [1.807, 2.05) is 54.8 Å². The van der Waals surface area contributed by atoms with Crippen LogP contribution in [-0.4, -0.2) is 24.1 Å². The maximum atomic E-state index is 13.3. The molecule has 0 saturated carbocycles. The SMILES string of the molecule is CCCCNC(=O)CSC1=C(C#N)C(c2cccs2)C(C(=O)Nc2ccccc2)=C(C)N1. The van der Waals surface area contributed by atoms with Crippen LogP contribution < -0.4 is 16.0 Å². The fourth-order valence-electron chi connectivity index (χ4n) is 3.38. The van der Waals surface area contributed by atoms with Crippen molar-refractivity contribution < 1.29 is 9.59 Å². The highest BCUT2D eigenvalue weighted by Gasteiger charge is 2.35. The zero-order valence-corrected chi connectivity index (χ0v) is 19.7. The third kappa shape index (κ3) is 5.81. The number of hydrogen-bond acceptors (Lipinski definition) is 6. The molecule has 0 aliphatic carbocycles. The Morgan fingerprint density at radius 3 is 2.66 bits per heavy atom. The van der Waals surface area contributed by atoms with Crippen molar-refractivity contribution in [2.45, 2.75) is 32.6 Å². The van der Waals surface area contributed by atoms with E-state index in [0.29, 0.717) is 34.1 Å². The first-order chi connectivity index (χ1) is 15.5. The van der Waals surface area contributed by atoms with Crippen LogP contribution in [0.15, 0.2) is 69.7 Å². The van der Waals surface area contributed by atoms with Crippen molar-refractivity contribution in [3.8, 4) is 6.07 Å². The van der Waals surface area contributed by atoms with E-state index < -0.39 is 5.92 Å². The van der Waals surface area contributed by atoms with Gasteiger partial charge in [-0.15, -0.1) is 11.3 Å². The maximum absolute atomic E-state index is 13.3. The number of nitrogens with one attached hydrogen (secondary N) is 3. The minimum atomic E-state index is -0.490. The Morgan fingerprint density at radius 1 is 1.22 bits per heavy atom. The summed E-state index contributed by atoms with van der Waals surface area (Å²) < 4.78 is 0. The number of hydrogen-bond donors (Lipinski definition) is 3. The van der Waals surface area contributed by atoms with Crippen LogP contribution in [0.1, 0.15) is 37.5 Å². The van der Waals surface area contributed by atoms with Gasteiger partial charge in [0, 0.05) is 28.4 Å². The van der Waals surface area contributed by atoms with E-state index in [4.69, 9.17) is 0 Å². The summed E-state index contributed by atoms with van der Waals surface area (Å²) in [5.41, 5.74) is 2.31. The molecule has 0 spiro atoms. The summed E-state index contributed by atoms with van der Waals surface area (Å²) in [7, 11) is 0. The fraction of sp³-hybridized carbons (Fsp3) is 0.292. The van der Waals surface area contributed by atoms with E-state index in [9.17, 15) is 14.9 Å². The average molecular weight is 467 g/mol. The van der Waals surface area contributed by atoms with Crippen LogP contribution in [0.2, 0.25) is 0 Å². The van der Waals surface area contributed by atoms with E-state index in [1.165, 1.54) is 23.1 Å². The van der Waals surface area contributed by atoms with Gasteiger partial charge in [0.05, 0.1) is 28.3 Å². The highest BCUT2D eigenvalue weighted by atomic mass is 32.2. The molecule has 1 aromatic carbocycles. The molecule has 0 fully saturated rings. The summed E-state index contributed by atoms with van der Waals surface area (Å²) in [5.74, 6) is -0.617. The van der Waals surface area contributed by atoms with Gasteiger partial charge in [0.25, 0.3) is 5.91 Å². The van der Waals surface area contributed by atoms with Crippen molar-refractivity contribution in [2.24, 2.45) is 0 Å². The van der Waals surface area contributed by atoms with Crippen LogP contribution in [0.25, 0.3) is 0 Å². The van der Waals surface area contributed by atoms with Gasteiger partial charge >= 0.3 is 0 Å². The highest BCUT2D eigenvalue weighted by Crippen LogP contribution is 2.42. The monoisotopic (exact) mass is 466 g/mol. The third-order valence-electron chi connectivity index (χ3n) is 4.95. The molecule has 3 rings (SSSR count). The molecule has 2 aromatic rings. The van der Waals surface area contributed by atoms with Crippen molar-refractivity contribution in [3.05, 3.63) is 74.6 Å². The number of unbranched alkanes of at least 4 members (excludes halogenated alkanes) is 1. The van der Waals surface area contributed by atoms with E-state index in [-0.39, 0.29) is 17.6 Å². The molecule has 2 amide bonds. The quantitative estimate of drug-likeness (QED) is 0.465. The van der Waals surface area contributed by atoms with Gasteiger partial charge in [0.15, 0.2) is 0 Å². The van der Waals surface area contributed by atoms with Crippen LogP contribution in [0.4, 0.5) is 5.69 Å². The summed E-state index contributed by atoms with van der Waals surface area (Å²) in [4.78, 5) is 26.3. The number of allylic oxidation sites excluding steroid dienone is 2. The average Bonchev–Trinajstić information content (AvgIpc) is 3.32. The van der Waals surface area contributed by atoms with Crippen molar-refractivity contribution in [3.63, 3.8) is 0 Å². The van der Waals surface area contributed by atoms with Crippen LogP contribution in [0, 0.1) is 11.3 Å². The van der Waals surface area contributed by atoms with Gasteiger partial charge in [-0.1, -0.05) is 49.4 Å². The number of carbonyl (C=O) groups excluding carboxylic acids is 2. The van der Waals surface area contributed by atoms with Gasteiger partial charge < -0.3 is 16.0 Å². The summed E-state index contributed by atoms with van der Waals surface area (Å²) >= 11 is 2.79. The topological polar surface area (TPSA) is 94.0 Å². The Bertz CT molecular complexity index is 1050. The minimum absolute atomic E-state index is 0.0723. The number of anilines is 1. The Morgan fingerprint density at radius 2 is 2.00 bits per heavy atom. The molecule has 1 aliphatic heterocycles. The van der Waals surface area contributed by atoms with E-state index in [2.05, 4.69) is 28.9 Å². The smallest absolute Gasteiger partial charge is 0.254 e. The lowest BCUT2D eigenvalue weighted by molar-refractivity contribution is -0.118. The molecule has 166 valence electrons. The van der Waals surface area contributed by atoms with Crippen LogP contribution in [0.5, 0.6) is 0 Å². The number of nitriles is 1. The first kappa shape index (κ1) is 23.6. The van der Waals surface area contributed by atoms with Crippen molar-refractivity contribution in [1.82, 2.24) is 10.6 Å². The minimum Gasteiger partial charge on any atom is -0.355 e. The molecule has 8 heteroatoms. The Balaban J connectivity index is 1.86. The fourth-order valence-corrected chi connectivity index (χ4v) is 5.15. The first-order valence-corrected chi connectivity index (χ1v) is 12.3. The molecule has 1 aliphatic rings. The molecular formula is C24H26N4O2S2. The highest BCUT2D eigenvalue weighted by molar-refractivity contribution is 8.03. The second kappa shape index (κ2) is 11.6. The van der Waals surface area contributed by atoms with Gasteiger partial charge in [-0.05, 0) is 36.9 Å². The van der Waals surface area contributed by atoms with Gasteiger partial charge in [-0.2, -0.15) is 5.26 Å². The number of amides is 2. The normalized spacial score (nSPS) is 15.7. The van der Waals surface area contributed by atoms with Gasteiger partial charge in [-0.25, -0.2) is 0 Å². The molecule has 0 bridgehead atoms. The van der Waals surface area contributed by atoms with Gasteiger partial charge in [-0.3, -0.25) is 9.59 Å². The number of nitrogens with zero attached hydrogens (tertiary/aromatic N) is 1. The summed E-state index contributed by atoms with van der Waals surface area (Å²) in [6, 6.07) is 15.4. The lowest BCUT2D eigenvalue weighted by atomic mass is 9.86. The van der Waals surface area contributed by atoms with Crippen molar-refractivity contribution >= 4 is 40.6 Å². The predicted molar refractivity (Wildman–Crippen MR) is 131 cm³/mol. The molecule has 1 aromatic heterocycles. The number of rotatable bonds is 9. The molecular weight excluding hydrogens is 440 g/mol. The van der Waals surface area contributed by atoms with Crippen molar-refractivity contribution in [2.75, 3.05) is 17.6 Å². The zero-order chi connectivity index (χ0) is 22.9. The number of carbonyl (C=O) groups is 2. The van der Waals surface area contributed by atoms with Crippen LogP contribution in [0.3, 0.4) is 0 Å². The van der Waals surface area contributed by atoms with Crippen LogP contribution in [-0.2, 0) is 9.59 Å².